The van der Waals surface area contributed by atoms with Crippen LogP contribution in [0.15, 0.2) is 40.4 Å². The molecule has 244 valence electrons. The highest BCUT2D eigenvalue weighted by Crippen LogP contribution is 2.32. The number of aliphatic carboxylic acids is 1. The van der Waals surface area contributed by atoms with Crippen LogP contribution in [0.5, 0.6) is 5.88 Å². The minimum atomic E-state index is -0.801. The molecule has 11 nitrogen and oxygen atoms in total. The van der Waals surface area contributed by atoms with E-state index in [0.29, 0.717) is 31.2 Å². The van der Waals surface area contributed by atoms with Gasteiger partial charge < -0.3 is 29.7 Å². The number of benzene rings is 1. The van der Waals surface area contributed by atoms with Gasteiger partial charge in [0.05, 0.1) is 28.8 Å². The number of aryl methyl sites for hydroxylation is 1. The second-order valence-corrected chi connectivity index (χ2v) is 12.8. The molecule has 0 spiro atoms. The Labute approximate surface area is 268 Å². The summed E-state index contributed by atoms with van der Waals surface area (Å²) >= 11 is 1.59. The Bertz CT molecular complexity index is 1400. The van der Waals surface area contributed by atoms with Gasteiger partial charge in [-0.05, 0) is 42.0 Å². The molecule has 1 aliphatic rings. The topological polar surface area (TPSA) is 155 Å². The van der Waals surface area contributed by atoms with Crippen LogP contribution in [0.1, 0.15) is 88.1 Å². The molecule has 0 bridgehead atoms. The van der Waals surface area contributed by atoms with Gasteiger partial charge in [0, 0.05) is 32.0 Å². The predicted molar refractivity (Wildman–Crippen MR) is 170 cm³/mol. The van der Waals surface area contributed by atoms with Gasteiger partial charge in [0.2, 0.25) is 11.8 Å². The van der Waals surface area contributed by atoms with E-state index in [2.05, 4.69) is 15.5 Å². The average Bonchev–Trinajstić information content (AvgIpc) is 3.75. The number of nitrogens with zero attached hydrogens (tertiary/aromatic N) is 3. The van der Waals surface area contributed by atoms with Crippen LogP contribution in [0.2, 0.25) is 0 Å². The van der Waals surface area contributed by atoms with E-state index in [1.807, 2.05) is 50.5 Å². The summed E-state index contributed by atoms with van der Waals surface area (Å²) in [5, 5.41) is 26.1. The zero-order chi connectivity index (χ0) is 32.3. The summed E-state index contributed by atoms with van der Waals surface area (Å²) in [6.45, 7) is 6.61. The summed E-state index contributed by atoms with van der Waals surface area (Å²) in [6.07, 6.45) is 4.97. The number of unbranched alkanes of at least 4 members (excludes halogenated alkanes) is 5. The van der Waals surface area contributed by atoms with Crippen molar-refractivity contribution in [1.82, 2.24) is 20.4 Å². The summed E-state index contributed by atoms with van der Waals surface area (Å²) in [5.74, 6) is -1.54. The molecule has 3 heterocycles. The lowest BCUT2D eigenvalue weighted by Crippen LogP contribution is -2.48. The van der Waals surface area contributed by atoms with Crippen molar-refractivity contribution in [1.29, 1.82) is 0 Å². The van der Waals surface area contributed by atoms with Crippen LogP contribution in [-0.2, 0) is 20.9 Å². The lowest BCUT2D eigenvalue weighted by Gasteiger charge is -2.28. The number of hydrogen-bond donors (Lipinski definition) is 3. The summed E-state index contributed by atoms with van der Waals surface area (Å²) < 4.78 is 11.3. The van der Waals surface area contributed by atoms with Crippen molar-refractivity contribution in [3.63, 3.8) is 0 Å². The molecule has 1 aromatic carbocycles. The molecule has 45 heavy (non-hydrogen) atoms. The molecule has 2 aromatic heterocycles. The van der Waals surface area contributed by atoms with Gasteiger partial charge in [-0.3, -0.25) is 14.4 Å². The highest BCUT2D eigenvalue weighted by molar-refractivity contribution is 7.13. The Morgan fingerprint density at radius 3 is 2.49 bits per heavy atom. The normalized spacial score (nSPS) is 17.0. The first-order chi connectivity index (χ1) is 21.6. The number of carbonyl (C=O) groups is 3. The molecule has 1 unspecified atom stereocenters. The molecule has 0 aliphatic carbocycles. The van der Waals surface area contributed by atoms with Crippen LogP contribution in [-0.4, -0.2) is 68.3 Å². The number of aliphatic hydroxyl groups is 1. The third-order valence-electron chi connectivity index (χ3n) is 8.07. The van der Waals surface area contributed by atoms with E-state index in [1.165, 1.54) is 4.90 Å². The number of rotatable bonds is 17. The van der Waals surface area contributed by atoms with Crippen LogP contribution in [0.25, 0.3) is 10.4 Å². The van der Waals surface area contributed by atoms with Crippen molar-refractivity contribution in [3.05, 3.63) is 52.9 Å². The minimum Gasteiger partial charge on any atom is -0.481 e. The van der Waals surface area contributed by atoms with E-state index in [0.717, 1.165) is 53.8 Å². The molecule has 1 fully saturated rings. The molecule has 12 heteroatoms. The molecular weight excluding hydrogens is 596 g/mol. The fourth-order valence-corrected chi connectivity index (χ4v) is 6.44. The monoisotopic (exact) mass is 640 g/mol. The third kappa shape index (κ3) is 9.61. The first-order valence-electron chi connectivity index (χ1n) is 15.7. The van der Waals surface area contributed by atoms with Gasteiger partial charge >= 0.3 is 5.97 Å². The Hall–Kier alpha value is -3.77. The second-order valence-electron chi connectivity index (χ2n) is 12.0. The number of thiazole rings is 1. The van der Waals surface area contributed by atoms with Crippen molar-refractivity contribution in [3.8, 4) is 16.3 Å². The van der Waals surface area contributed by atoms with Crippen molar-refractivity contribution in [2.45, 2.75) is 96.7 Å². The number of amides is 2. The zero-order valence-electron chi connectivity index (χ0n) is 26.2. The van der Waals surface area contributed by atoms with E-state index >= 15 is 0 Å². The molecule has 1 aliphatic heterocycles. The highest BCUT2D eigenvalue weighted by atomic mass is 32.1. The van der Waals surface area contributed by atoms with E-state index < -0.39 is 24.0 Å². The first kappa shape index (κ1) is 34.1. The Morgan fingerprint density at radius 1 is 1.11 bits per heavy atom. The minimum absolute atomic E-state index is 0.0663. The highest BCUT2D eigenvalue weighted by Gasteiger charge is 2.43. The number of nitrogens with one attached hydrogen (secondary N) is 1. The fraction of sp³-hybridized carbons (Fsp3) is 0.545. The SMILES string of the molecule is Cc1ncsc1-c1ccc(CNC(=O)[C@@H]2C[C@@H](O)CN2C(=O)C(c2cc(OCCCCCCCCC(=O)O)no2)C(C)C)cc1. The summed E-state index contributed by atoms with van der Waals surface area (Å²) in [4.78, 5) is 44.6. The molecule has 1 saturated heterocycles. The molecule has 0 saturated carbocycles. The second kappa shape index (κ2) is 16.5. The van der Waals surface area contributed by atoms with Gasteiger partial charge in [-0.2, -0.15) is 0 Å². The van der Waals surface area contributed by atoms with Crippen molar-refractivity contribution >= 4 is 29.1 Å². The lowest BCUT2D eigenvalue weighted by molar-refractivity contribution is -0.141. The maximum atomic E-state index is 13.8. The largest absolute Gasteiger partial charge is 0.481 e. The standard InChI is InChI=1S/C33H44N4O7S/c1-21(2)30(27-17-28(36-44-27)43-15-9-7-5-4-6-8-10-29(39)40)33(42)37-19-25(38)16-26(37)32(41)34-18-23-11-13-24(14-12-23)31-22(3)35-20-45-31/h11-14,17,20-21,25-26,30,38H,4-10,15-16,18-19H2,1-3H3,(H,34,41)(H,39,40)/t25-,26+,30?/m1/s1. The number of likely N-dealkylation sites (tertiary alicyclic amines) is 1. The van der Waals surface area contributed by atoms with E-state index in [-0.39, 0.29) is 37.1 Å². The van der Waals surface area contributed by atoms with Gasteiger partial charge in [0.15, 0.2) is 5.76 Å². The number of carbonyl (C=O) groups excluding carboxylic acids is 2. The molecule has 4 rings (SSSR count). The lowest BCUT2D eigenvalue weighted by atomic mass is 9.91. The quantitative estimate of drug-likeness (QED) is 0.166. The Kier molecular flexibility index (Phi) is 12.5. The molecule has 3 atom stereocenters. The molecule has 2 amide bonds. The molecule has 3 aromatic rings. The Morgan fingerprint density at radius 2 is 1.82 bits per heavy atom. The van der Waals surface area contributed by atoms with Crippen LogP contribution in [0.4, 0.5) is 0 Å². The van der Waals surface area contributed by atoms with Gasteiger partial charge in [-0.25, -0.2) is 4.98 Å². The number of hydrogen-bond acceptors (Lipinski definition) is 9. The summed E-state index contributed by atoms with van der Waals surface area (Å²) in [6, 6.07) is 8.78. The van der Waals surface area contributed by atoms with Crippen LogP contribution >= 0.6 is 11.3 Å². The summed E-state index contributed by atoms with van der Waals surface area (Å²) in [7, 11) is 0. The molecule has 0 radical (unpaired) electrons. The zero-order valence-corrected chi connectivity index (χ0v) is 27.1. The fourth-order valence-electron chi connectivity index (χ4n) is 5.63. The number of β-amino-alcohol motifs (C(OH)–C–C–N with tert-alkyl or cyclic N) is 1. The summed E-state index contributed by atoms with van der Waals surface area (Å²) in [5.41, 5.74) is 4.80. The average molecular weight is 641 g/mol. The first-order valence-corrected chi connectivity index (χ1v) is 16.6. The number of carboxylic acid groups (broad SMARTS) is 1. The van der Waals surface area contributed by atoms with Crippen LogP contribution in [0.3, 0.4) is 0 Å². The van der Waals surface area contributed by atoms with E-state index in [1.54, 1.807) is 17.4 Å². The number of carboxylic acids is 1. The number of ether oxygens (including phenoxy) is 1. The van der Waals surface area contributed by atoms with Gasteiger partial charge in [0.25, 0.3) is 5.88 Å². The van der Waals surface area contributed by atoms with Crippen molar-refractivity contribution in [2.75, 3.05) is 13.2 Å². The third-order valence-corrected chi connectivity index (χ3v) is 9.05. The van der Waals surface area contributed by atoms with E-state index in [9.17, 15) is 19.5 Å². The smallest absolute Gasteiger partial charge is 0.303 e. The van der Waals surface area contributed by atoms with Crippen LogP contribution < -0.4 is 10.1 Å². The van der Waals surface area contributed by atoms with Crippen molar-refractivity contribution < 1.29 is 33.9 Å². The maximum Gasteiger partial charge on any atom is 0.303 e. The van der Waals surface area contributed by atoms with Crippen LogP contribution in [0, 0.1) is 12.8 Å². The number of aliphatic hydroxyl groups excluding tert-OH is 1. The molecular formula is C33H44N4O7S. The van der Waals surface area contributed by atoms with Gasteiger partial charge in [-0.1, -0.05) is 63.8 Å². The predicted octanol–water partition coefficient (Wildman–Crippen LogP) is 5.32. The van der Waals surface area contributed by atoms with E-state index in [4.69, 9.17) is 14.4 Å². The number of aromatic nitrogens is 2. The molecule has 3 N–H and O–H groups in total. The Balaban J connectivity index is 1.28. The maximum absolute atomic E-state index is 13.8. The van der Waals surface area contributed by atoms with Gasteiger partial charge in [-0.15, -0.1) is 11.3 Å². The van der Waals surface area contributed by atoms with Crippen molar-refractivity contribution in [2.24, 2.45) is 5.92 Å². The van der Waals surface area contributed by atoms with Gasteiger partial charge in [0.1, 0.15) is 12.0 Å².